The molecule has 5 heteroatoms. The first kappa shape index (κ1) is 55.9. The predicted molar refractivity (Wildman–Crippen MR) is 282 cm³/mol. The molecule has 5 nitrogen and oxygen atoms in total. The zero-order chi connectivity index (χ0) is 46.9. The number of hydrogen-bond donors (Lipinski definition) is 0. The number of hydrogen-bond acceptors (Lipinski definition) is 5. The lowest BCUT2D eigenvalue weighted by atomic mass is 9.47. The van der Waals surface area contributed by atoms with Crippen LogP contribution in [-0.4, -0.2) is 75.9 Å². The summed E-state index contributed by atoms with van der Waals surface area (Å²) in [5.41, 5.74) is 2.72. The van der Waals surface area contributed by atoms with Gasteiger partial charge in [-0.05, 0) is 175 Å². The Labute approximate surface area is 410 Å². The summed E-state index contributed by atoms with van der Waals surface area (Å²) in [6, 6.07) is 0.655. The molecule has 0 aromatic carbocycles. The fourth-order valence-electron chi connectivity index (χ4n) is 14.2. The lowest BCUT2D eigenvalue weighted by Gasteiger charge is -2.58. The number of allylic oxidation sites excluding steroid dienone is 5. The van der Waals surface area contributed by atoms with Gasteiger partial charge in [-0.25, -0.2) is 0 Å². The van der Waals surface area contributed by atoms with Crippen molar-refractivity contribution in [2.24, 2.45) is 46.3 Å². The van der Waals surface area contributed by atoms with Crippen LogP contribution < -0.4 is 0 Å². The van der Waals surface area contributed by atoms with Gasteiger partial charge < -0.3 is 18.9 Å². The third kappa shape index (κ3) is 18.3. The third-order valence-corrected chi connectivity index (χ3v) is 18.3. The Bertz CT molecular complexity index is 1360. The van der Waals surface area contributed by atoms with Gasteiger partial charge in [-0.3, -0.25) is 4.90 Å². The lowest BCUT2D eigenvalue weighted by Crippen LogP contribution is -2.51. The number of ether oxygens (including phenoxy) is 4. The summed E-state index contributed by atoms with van der Waals surface area (Å²) in [5.74, 6) is 5.40. The average molecular weight is 921 g/mol. The second kappa shape index (κ2) is 31.4. The van der Waals surface area contributed by atoms with Crippen LogP contribution in [0.2, 0.25) is 0 Å². The SMILES string of the molecule is CCCCC/C=C\C/C=C\CCCCCCCCCCOCC(CN1CCCC1C)OCCCOCCCO[C@H]1CC[C@@]2(C)C(=CC[C@H]3[C@@H]4CC[C@H]([C@H](C)CCCC(C)C)[C@@]4(C)CC[C@@H]32)C1. The van der Waals surface area contributed by atoms with E-state index in [1.165, 1.54) is 167 Å². The molecule has 4 fully saturated rings. The van der Waals surface area contributed by atoms with Gasteiger partial charge in [-0.2, -0.15) is 0 Å². The monoisotopic (exact) mass is 920 g/mol. The highest BCUT2D eigenvalue weighted by Gasteiger charge is 2.59. The van der Waals surface area contributed by atoms with Crippen LogP contribution in [0.5, 0.6) is 0 Å². The van der Waals surface area contributed by atoms with Gasteiger partial charge in [0, 0.05) is 45.6 Å². The molecule has 5 aliphatic rings. The van der Waals surface area contributed by atoms with Crippen LogP contribution in [0.4, 0.5) is 0 Å². The van der Waals surface area contributed by atoms with Crippen LogP contribution in [0, 0.1) is 46.3 Å². The van der Waals surface area contributed by atoms with Crippen molar-refractivity contribution in [3.63, 3.8) is 0 Å². The fraction of sp³-hybridized carbons (Fsp3) is 0.902. The highest BCUT2D eigenvalue weighted by atomic mass is 16.5. The maximum Gasteiger partial charge on any atom is 0.0935 e. The molecule has 66 heavy (non-hydrogen) atoms. The van der Waals surface area contributed by atoms with E-state index in [9.17, 15) is 0 Å². The first-order valence-electron chi connectivity index (χ1n) is 29.3. The Kier molecular flexibility index (Phi) is 26.6. The van der Waals surface area contributed by atoms with Gasteiger partial charge in [-0.1, -0.05) is 148 Å². The van der Waals surface area contributed by atoms with Crippen molar-refractivity contribution in [1.29, 1.82) is 0 Å². The first-order chi connectivity index (χ1) is 32.2. The highest BCUT2D eigenvalue weighted by Crippen LogP contribution is 2.67. The molecular formula is C61H109NO4. The fourth-order valence-corrected chi connectivity index (χ4v) is 14.2. The van der Waals surface area contributed by atoms with Crippen LogP contribution in [0.25, 0.3) is 0 Å². The van der Waals surface area contributed by atoms with Crippen molar-refractivity contribution < 1.29 is 18.9 Å². The van der Waals surface area contributed by atoms with E-state index < -0.39 is 0 Å². The van der Waals surface area contributed by atoms with Gasteiger partial charge in [0.25, 0.3) is 0 Å². The Hall–Kier alpha value is -0.980. The Balaban J connectivity index is 0.870. The molecule has 1 saturated heterocycles. The summed E-state index contributed by atoms with van der Waals surface area (Å²) in [6.45, 7) is 24.3. The molecule has 5 rings (SSSR count). The minimum absolute atomic E-state index is 0.148. The summed E-state index contributed by atoms with van der Waals surface area (Å²) in [7, 11) is 0. The normalized spacial score (nSPS) is 30.0. The minimum Gasteiger partial charge on any atom is -0.381 e. The van der Waals surface area contributed by atoms with Gasteiger partial charge in [0.05, 0.1) is 18.8 Å². The third-order valence-electron chi connectivity index (χ3n) is 18.3. The summed E-state index contributed by atoms with van der Waals surface area (Å²) < 4.78 is 25.4. The molecule has 382 valence electrons. The molecule has 10 atom stereocenters. The number of nitrogens with zero attached hydrogens (tertiary/aromatic N) is 1. The van der Waals surface area contributed by atoms with Crippen molar-refractivity contribution in [2.45, 2.75) is 253 Å². The molecule has 0 aromatic rings. The molecule has 1 aliphatic heterocycles. The van der Waals surface area contributed by atoms with Crippen molar-refractivity contribution in [2.75, 3.05) is 52.7 Å². The Morgan fingerprint density at radius 2 is 1.41 bits per heavy atom. The van der Waals surface area contributed by atoms with E-state index in [0.29, 0.717) is 29.6 Å². The molecule has 2 unspecified atom stereocenters. The van der Waals surface area contributed by atoms with Gasteiger partial charge in [0.2, 0.25) is 0 Å². The van der Waals surface area contributed by atoms with E-state index in [2.05, 4.69) is 83.7 Å². The van der Waals surface area contributed by atoms with Crippen molar-refractivity contribution >= 4 is 0 Å². The van der Waals surface area contributed by atoms with Crippen LogP contribution in [0.15, 0.2) is 36.0 Å². The second-order valence-corrected chi connectivity index (χ2v) is 23.7. The van der Waals surface area contributed by atoms with E-state index in [0.717, 1.165) is 101 Å². The molecule has 0 aromatic heterocycles. The van der Waals surface area contributed by atoms with Gasteiger partial charge >= 0.3 is 0 Å². The van der Waals surface area contributed by atoms with Gasteiger partial charge in [0.15, 0.2) is 0 Å². The van der Waals surface area contributed by atoms with Crippen LogP contribution in [0.3, 0.4) is 0 Å². The topological polar surface area (TPSA) is 40.2 Å². The zero-order valence-corrected chi connectivity index (χ0v) is 44.8. The highest BCUT2D eigenvalue weighted by molar-refractivity contribution is 5.25. The van der Waals surface area contributed by atoms with Crippen molar-refractivity contribution in [3.8, 4) is 0 Å². The molecule has 0 N–H and O–H groups in total. The van der Waals surface area contributed by atoms with E-state index >= 15 is 0 Å². The molecule has 3 saturated carbocycles. The summed E-state index contributed by atoms with van der Waals surface area (Å²) in [6.07, 6.45) is 50.6. The molecule has 0 spiro atoms. The van der Waals surface area contributed by atoms with E-state index in [1.807, 2.05) is 0 Å². The molecule has 0 bridgehead atoms. The van der Waals surface area contributed by atoms with Gasteiger partial charge in [0.1, 0.15) is 0 Å². The van der Waals surface area contributed by atoms with Crippen LogP contribution in [-0.2, 0) is 18.9 Å². The molecular weight excluding hydrogens is 811 g/mol. The van der Waals surface area contributed by atoms with E-state index in [1.54, 1.807) is 5.57 Å². The van der Waals surface area contributed by atoms with Crippen molar-refractivity contribution in [3.05, 3.63) is 36.0 Å². The summed E-state index contributed by atoms with van der Waals surface area (Å²) >= 11 is 0. The maximum atomic E-state index is 6.57. The first-order valence-corrected chi connectivity index (χ1v) is 29.3. The Morgan fingerprint density at radius 3 is 2.14 bits per heavy atom. The zero-order valence-electron chi connectivity index (χ0n) is 44.8. The molecule has 0 amide bonds. The van der Waals surface area contributed by atoms with Crippen molar-refractivity contribution in [1.82, 2.24) is 4.90 Å². The van der Waals surface area contributed by atoms with Gasteiger partial charge in [-0.15, -0.1) is 0 Å². The summed E-state index contributed by atoms with van der Waals surface area (Å²) in [4.78, 5) is 2.61. The second-order valence-electron chi connectivity index (χ2n) is 23.7. The average Bonchev–Trinajstić information content (AvgIpc) is 3.88. The lowest BCUT2D eigenvalue weighted by molar-refractivity contribution is -0.0651. The number of fused-ring (bicyclic) bond motifs is 5. The molecule has 1 heterocycles. The maximum absolute atomic E-state index is 6.57. The molecule has 0 radical (unpaired) electrons. The number of unbranched alkanes of at least 4 members (excludes halogenated alkanes) is 11. The number of likely N-dealkylation sites (tertiary alicyclic amines) is 1. The quantitative estimate of drug-likeness (QED) is 0.0463. The van der Waals surface area contributed by atoms with E-state index in [4.69, 9.17) is 18.9 Å². The summed E-state index contributed by atoms with van der Waals surface area (Å²) in [5, 5.41) is 0. The standard InChI is InChI=1S/C61H109NO4/c1-8-9-10-11-12-13-14-15-16-17-18-19-20-21-22-23-24-25-42-64-49-55(48-62-41-27-32-52(62)5)66-46-29-44-63-43-28-45-65-54-37-39-60(6)53(47-54)33-34-56-58-36-35-57(51(4)31-26-30-50(2)3)61(58,7)40-38-59(56)60/h12-13,15-16,33,50-52,54-59H,8-11,14,17-32,34-49H2,1-7H3/b13-12-,16-15-/t51-,52?,54+,55?,56+,57-,58+,59+,60+,61-/m1/s1. The Morgan fingerprint density at radius 1 is 0.697 bits per heavy atom. The molecule has 4 aliphatic carbocycles. The minimum atomic E-state index is 0.148. The predicted octanol–water partition coefficient (Wildman–Crippen LogP) is 16.7. The van der Waals surface area contributed by atoms with E-state index in [-0.39, 0.29) is 6.10 Å². The smallest absolute Gasteiger partial charge is 0.0935 e. The van der Waals surface area contributed by atoms with Crippen LogP contribution in [0.1, 0.15) is 235 Å². The number of rotatable bonds is 36. The van der Waals surface area contributed by atoms with Crippen LogP contribution >= 0.6 is 0 Å². The largest absolute Gasteiger partial charge is 0.381 e.